The molecule has 0 fully saturated rings. The van der Waals surface area contributed by atoms with Crippen LogP contribution >= 0.6 is 11.6 Å². The Labute approximate surface area is 127 Å². The van der Waals surface area contributed by atoms with Crippen molar-refractivity contribution >= 4 is 11.6 Å². The van der Waals surface area contributed by atoms with Gasteiger partial charge in [-0.15, -0.1) is 11.6 Å². The highest BCUT2D eigenvalue weighted by molar-refractivity contribution is 6.19. The zero-order valence-electron chi connectivity index (χ0n) is 11.5. The van der Waals surface area contributed by atoms with Crippen LogP contribution in [-0.2, 0) is 0 Å². The van der Waals surface area contributed by atoms with Crippen LogP contribution in [-0.4, -0.2) is 13.0 Å². The van der Waals surface area contributed by atoms with Crippen molar-refractivity contribution < 1.29 is 13.9 Å². The molecule has 108 valence electrons. The van der Waals surface area contributed by atoms with Crippen LogP contribution in [0.15, 0.2) is 54.3 Å². The van der Waals surface area contributed by atoms with E-state index in [1.807, 2.05) is 18.2 Å². The number of fused-ring (bicyclic) bond motifs is 1. The molecule has 0 aromatic heterocycles. The molecule has 0 radical (unpaired) electrons. The predicted octanol–water partition coefficient (Wildman–Crippen LogP) is 4.48. The van der Waals surface area contributed by atoms with Crippen molar-refractivity contribution in [3.05, 3.63) is 71.2 Å². The molecule has 0 amide bonds. The van der Waals surface area contributed by atoms with Crippen LogP contribution in [0.3, 0.4) is 0 Å². The van der Waals surface area contributed by atoms with Gasteiger partial charge < -0.3 is 9.47 Å². The minimum absolute atomic E-state index is 0.0538. The molecular formula is C17H14ClFO2. The Bertz CT molecular complexity index is 680. The molecule has 2 nitrogen and oxygen atoms in total. The van der Waals surface area contributed by atoms with E-state index in [1.165, 1.54) is 12.1 Å². The number of hydrogen-bond donors (Lipinski definition) is 0. The third-order valence-electron chi connectivity index (χ3n) is 3.59. The van der Waals surface area contributed by atoms with Crippen LogP contribution in [0.25, 0.3) is 0 Å². The summed E-state index contributed by atoms with van der Waals surface area (Å²) in [6, 6.07) is 12.1. The summed E-state index contributed by atoms with van der Waals surface area (Å²) in [5, 5.41) is 0. The van der Waals surface area contributed by atoms with E-state index >= 15 is 0 Å². The maximum atomic E-state index is 13.2. The molecule has 2 aromatic carbocycles. The molecule has 0 bridgehead atoms. The average molecular weight is 305 g/mol. The van der Waals surface area contributed by atoms with Crippen molar-refractivity contribution in [1.82, 2.24) is 0 Å². The monoisotopic (exact) mass is 304 g/mol. The van der Waals surface area contributed by atoms with Crippen LogP contribution in [0.5, 0.6) is 11.5 Å². The molecule has 1 unspecified atom stereocenters. The first-order valence-electron chi connectivity index (χ1n) is 6.58. The lowest BCUT2D eigenvalue weighted by Gasteiger charge is -2.26. The van der Waals surface area contributed by atoms with Crippen LogP contribution < -0.4 is 9.47 Å². The predicted molar refractivity (Wildman–Crippen MR) is 80.7 cm³/mol. The molecule has 0 spiro atoms. The number of allylic oxidation sites excluding steroid dienone is 1. The minimum atomic E-state index is -0.256. The van der Waals surface area contributed by atoms with E-state index < -0.39 is 0 Å². The van der Waals surface area contributed by atoms with Crippen molar-refractivity contribution in [3.8, 4) is 11.5 Å². The molecule has 0 aliphatic carbocycles. The van der Waals surface area contributed by atoms with Gasteiger partial charge in [0.15, 0.2) is 0 Å². The SMILES string of the molecule is COc1ccc2c(c1)C(c1ccc(F)cc1)C(CCl)=CO2. The van der Waals surface area contributed by atoms with Crippen molar-refractivity contribution in [1.29, 1.82) is 0 Å². The fourth-order valence-electron chi connectivity index (χ4n) is 2.55. The highest BCUT2D eigenvalue weighted by Gasteiger charge is 2.26. The second-order valence-electron chi connectivity index (χ2n) is 4.83. The Morgan fingerprint density at radius 1 is 1.19 bits per heavy atom. The Kier molecular flexibility index (Phi) is 3.84. The van der Waals surface area contributed by atoms with E-state index in [2.05, 4.69) is 0 Å². The fraction of sp³-hybridized carbons (Fsp3) is 0.176. The summed E-state index contributed by atoms with van der Waals surface area (Å²) in [4.78, 5) is 0. The highest BCUT2D eigenvalue weighted by Crippen LogP contribution is 2.42. The van der Waals surface area contributed by atoms with E-state index in [9.17, 15) is 4.39 Å². The first-order chi connectivity index (χ1) is 10.2. The third kappa shape index (κ3) is 2.61. The molecule has 21 heavy (non-hydrogen) atoms. The normalized spacial score (nSPS) is 16.7. The van der Waals surface area contributed by atoms with Gasteiger partial charge in [0, 0.05) is 17.4 Å². The summed E-state index contributed by atoms with van der Waals surface area (Å²) < 4.78 is 24.1. The lowest BCUT2D eigenvalue weighted by molar-refractivity contribution is 0.408. The largest absolute Gasteiger partial charge is 0.497 e. The molecule has 0 N–H and O–H groups in total. The summed E-state index contributed by atoms with van der Waals surface area (Å²) in [5.74, 6) is 1.55. The van der Waals surface area contributed by atoms with E-state index in [0.29, 0.717) is 5.88 Å². The van der Waals surface area contributed by atoms with Gasteiger partial charge in [-0.2, -0.15) is 0 Å². The lowest BCUT2D eigenvalue weighted by atomic mass is 9.84. The smallest absolute Gasteiger partial charge is 0.130 e. The number of hydrogen-bond acceptors (Lipinski definition) is 2. The number of ether oxygens (including phenoxy) is 2. The molecule has 3 rings (SSSR count). The number of methoxy groups -OCH3 is 1. The van der Waals surface area contributed by atoms with Crippen molar-refractivity contribution in [2.75, 3.05) is 13.0 Å². The number of alkyl halides is 1. The van der Waals surface area contributed by atoms with Crippen LogP contribution in [0.4, 0.5) is 4.39 Å². The van der Waals surface area contributed by atoms with Crippen LogP contribution in [0.1, 0.15) is 17.0 Å². The van der Waals surface area contributed by atoms with Gasteiger partial charge in [-0.25, -0.2) is 4.39 Å². The summed E-state index contributed by atoms with van der Waals surface area (Å²) in [5.41, 5.74) is 2.88. The van der Waals surface area contributed by atoms with E-state index in [1.54, 1.807) is 25.5 Å². The number of rotatable bonds is 3. The quantitative estimate of drug-likeness (QED) is 0.778. The van der Waals surface area contributed by atoms with Gasteiger partial charge in [0.2, 0.25) is 0 Å². The maximum absolute atomic E-state index is 13.2. The fourth-order valence-corrected chi connectivity index (χ4v) is 2.77. The lowest BCUT2D eigenvalue weighted by Crippen LogP contribution is -2.13. The molecule has 1 atom stereocenters. The Hall–Kier alpha value is -2.00. The standard InChI is InChI=1S/C17H14ClFO2/c1-20-14-6-7-16-15(8-14)17(12(9-18)10-21-16)11-2-4-13(19)5-3-11/h2-8,10,17H,9H2,1H3. The zero-order chi connectivity index (χ0) is 14.8. The molecule has 1 aliphatic rings. The Balaban J connectivity index is 2.12. The summed E-state index contributed by atoms with van der Waals surface area (Å²) >= 11 is 6.04. The van der Waals surface area contributed by atoms with E-state index in [-0.39, 0.29) is 11.7 Å². The summed E-state index contributed by atoms with van der Waals surface area (Å²) in [6.45, 7) is 0. The highest BCUT2D eigenvalue weighted by atomic mass is 35.5. The van der Waals surface area contributed by atoms with Gasteiger partial charge in [0.1, 0.15) is 17.3 Å². The topological polar surface area (TPSA) is 18.5 Å². The first kappa shape index (κ1) is 14.0. The van der Waals surface area contributed by atoms with Crippen molar-refractivity contribution in [2.24, 2.45) is 0 Å². The second-order valence-corrected chi connectivity index (χ2v) is 5.10. The average Bonchev–Trinajstić information content (AvgIpc) is 2.54. The second kappa shape index (κ2) is 5.78. The van der Waals surface area contributed by atoms with Gasteiger partial charge in [-0.1, -0.05) is 12.1 Å². The van der Waals surface area contributed by atoms with Gasteiger partial charge >= 0.3 is 0 Å². The first-order valence-corrected chi connectivity index (χ1v) is 7.11. The summed E-state index contributed by atoms with van der Waals surface area (Å²) in [6.07, 6.45) is 1.68. The molecule has 0 saturated heterocycles. The molecule has 1 heterocycles. The van der Waals surface area contributed by atoms with E-state index in [0.717, 1.165) is 28.2 Å². The maximum Gasteiger partial charge on any atom is 0.130 e. The number of benzene rings is 2. The van der Waals surface area contributed by atoms with Gasteiger partial charge in [0.25, 0.3) is 0 Å². The van der Waals surface area contributed by atoms with Crippen LogP contribution in [0, 0.1) is 5.82 Å². The Morgan fingerprint density at radius 3 is 2.62 bits per heavy atom. The van der Waals surface area contributed by atoms with Crippen LogP contribution in [0.2, 0.25) is 0 Å². The Morgan fingerprint density at radius 2 is 1.95 bits per heavy atom. The molecule has 4 heteroatoms. The molecular weight excluding hydrogens is 291 g/mol. The van der Waals surface area contributed by atoms with Gasteiger partial charge in [-0.05, 0) is 41.5 Å². The molecule has 0 saturated carbocycles. The van der Waals surface area contributed by atoms with Crippen molar-refractivity contribution in [3.63, 3.8) is 0 Å². The summed E-state index contributed by atoms with van der Waals surface area (Å²) in [7, 11) is 1.62. The van der Waals surface area contributed by atoms with Gasteiger partial charge in [-0.3, -0.25) is 0 Å². The molecule has 1 aliphatic heterocycles. The number of halogens is 2. The van der Waals surface area contributed by atoms with Crippen molar-refractivity contribution in [2.45, 2.75) is 5.92 Å². The van der Waals surface area contributed by atoms with Gasteiger partial charge in [0.05, 0.1) is 13.4 Å². The third-order valence-corrected chi connectivity index (χ3v) is 3.90. The zero-order valence-corrected chi connectivity index (χ0v) is 12.2. The molecule has 2 aromatic rings. The van der Waals surface area contributed by atoms with E-state index in [4.69, 9.17) is 21.1 Å². The minimum Gasteiger partial charge on any atom is -0.497 e.